The highest BCUT2D eigenvalue weighted by Crippen LogP contribution is 2.21. The zero-order valence-electron chi connectivity index (χ0n) is 19.7. The lowest BCUT2D eigenvalue weighted by atomic mass is 9.99. The molecule has 0 aromatic heterocycles. The molecular formula is C26H32I3N3O3. The second kappa shape index (κ2) is 17.0. The lowest BCUT2D eigenvalue weighted by Crippen LogP contribution is -2.44. The smallest absolute Gasteiger partial charge is 0.259 e. The average Bonchev–Trinajstić information content (AvgIpc) is 2.87. The number of rotatable bonds is 16. The zero-order chi connectivity index (χ0) is 25.6. The maximum absolute atomic E-state index is 12.6. The van der Waals surface area contributed by atoms with E-state index in [0.717, 1.165) is 51.6 Å². The van der Waals surface area contributed by atoms with Gasteiger partial charge in [0.25, 0.3) is 3.79 Å². The fourth-order valence-corrected chi connectivity index (χ4v) is 6.06. The molecule has 190 valence electrons. The van der Waals surface area contributed by atoms with E-state index in [1.165, 1.54) is 28.2 Å². The van der Waals surface area contributed by atoms with Crippen molar-refractivity contribution in [1.29, 1.82) is 0 Å². The summed E-state index contributed by atoms with van der Waals surface area (Å²) in [6.07, 6.45) is 4.45. The van der Waals surface area contributed by atoms with E-state index >= 15 is 0 Å². The molecule has 0 aliphatic heterocycles. The predicted octanol–water partition coefficient (Wildman–Crippen LogP) is 5.06. The van der Waals surface area contributed by atoms with Gasteiger partial charge < -0.3 is 11.1 Å². The quantitative estimate of drug-likeness (QED) is 0.0618. The molecule has 0 saturated heterocycles. The Labute approximate surface area is 249 Å². The second-order valence-corrected chi connectivity index (χ2v) is 10.7. The number of amides is 1. The summed E-state index contributed by atoms with van der Waals surface area (Å²) in [6, 6.07) is 16.1. The van der Waals surface area contributed by atoms with Crippen LogP contribution in [0.2, 0.25) is 0 Å². The second-order valence-electron chi connectivity index (χ2n) is 8.32. The van der Waals surface area contributed by atoms with Gasteiger partial charge in [-0.25, -0.2) is 0 Å². The van der Waals surface area contributed by atoms with Gasteiger partial charge in [-0.15, -0.1) is 0 Å². The Morgan fingerprint density at radius 2 is 1.40 bits per heavy atom. The summed E-state index contributed by atoms with van der Waals surface area (Å²) < 4.78 is 1.09. The van der Waals surface area contributed by atoms with Gasteiger partial charge in [0.2, 0.25) is 11.7 Å². The van der Waals surface area contributed by atoms with E-state index in [2.05, 4.69) is 91.8 Å². The van der Waals surface area contributed by atoms with Gasteiger partial charge in [-0.3, -0.25) is 19.3 Å². The number of hydrogen-bond donors (Lipinski definition) is 2. The van der Waals surface area contributed by atoms with Crippen LogP contribution in [-0.2, 0) is 27.2 Å². The third-order valence-corrected chi connectivity index (χ3v) is 8.18. The van der Waals surface area contributed by atoms with Crippen LogP contribution < -0.4 is 11.1 Å². The highest BCUT2D eigenvalue weighted by molar-refractivity contribution is 14.1. The molecule has 0 unspecified atom stereocenters. The number of nitrogens with two attached hydrogens (primary N) is 1. The predicted molar refractivity (Wildman–Crippen MR) is 167 cm³/mol. The number of aryl methyl sites for hydroxylation is 2. The first kappa shape index (κ1) is 30.6. The van der Waals surface area contributed by atoms with Crippen molar-refractivity contribution in [2.75, 3.05) is 22.2 Å². The van der Waals surface area contributed by atoms with E-state index < -0.39 is 15.6 Å². The van der Waals surface area contributed by atoms with E-state index in [-0.39, 0.29) is 12.3 Å². The zero-order valence-corrected chi connectivity index (χ0v) is 26.1. The number of benzene rings is 2. The number of Topliss-reactive ketones (excluding diaryl/α,β-unsaturated/α-hetero) is 1. The summed E-state index contributed by atoms with van der Waals surface area (Å²) in [5.74, 6) is -0.763. The van der Waals surface area contributed by atoms with Crippen LogP contribution in [0.5, 0.6) is 0 Å². The van der Waals surface area contributed by atoms with Crippen molar-refractivity contribution in [2.45, 2.75) is 44.6 Å². The number of unbranched alkanes of at least 4 members (excludes halogenated alkanes) is 1. The molecule has 6 nitrogen and oxygen atoms in total. The molecule has 9 heteroatoms. The molecule has 0 heterocycles. The minimum absolute atomic E-state index is 0.217. The molecule has 0 aliphatic carbocycles. The molecule has 0 bridgehead atoms. The molecule has 2 aromatic rings. The van der Waals surface area contributed by atoms with Crippen molar-refractivity contribution >= 4 is 83.3 Å². The van der Waals surface area contributed by atoms with Crippen molar-refractivity contribution in [2.24, 2.45) is 5.73 Å². The van der Waals surface area contributed by atoms with Crippen LogP contribution in [0.25, 0.3) is 11.1 Å². The molecular weight excluding hydrogens is 783 g/mol. The molecule has 0 radical (unpaired) electrons. The first-order chi connectivity index (χ1) is 16.9. The van der Waals surface area contributed by atoms with Crippen LogP contribution in [-0.4, -0.2) is 48.6 Å². The van der Waals surface area contributed by atoms with Crippen LogP contribution in [0.3, 0.4) is 0 Å². The fourth-order valence-electron chi connectivity index (χ4n) is 3.59. The topological polar surface area (TPSA) is 92.5 Å². The first-order valence-electron chi connectivity index (χ1n) is 11.6. The Balaban J connectivity index is 1.89. The molecule has 1 amide bonds. The van der Waals surface area contributed by atoms with Gasteiger partial charge >= 0.3 is 0 Å². The molecule has 3 N–H and O–H groups in total. The number of hydrogen-bond acceptors (Lipinski definition) is 5. The number of nitrogens with zero attached hydrogens (tertiary/aromatic N) is 1. The minimum Gasteiger partial charge on any atom is -0.346 e. The van der Waals surface area contributed by atoms with Gasteiger partial charge in [0.15, 0.2) is 0 Å². The molecule has 0 spiro atoms. The standard InChI is InChI=1S/C26H32I3N3O3/c27-17-32(18-28)16-14-23(25(34)26(29)35)31-24(33)13-8-20-6-11-22(12-7-20)21-9-4-19(5-10-21)3-1-2-15-30/h4-7,9-12,23H,1-3,8,13-18,30H2,(H,31,33)/t23-/m0/s1. The number of ketones is 1. The van der Waals surface area contributed by atoms with Crippen LogP contribution in [0.4, 0.5) is 0 Å². The Bertz CT molecular complexity index is 949. The molecule has 0 fully saturated rings. The molecule has 1 atom stereocenters. The van der Waals surface area contributed by atoms with Crippen molar-refractivity contribution in [3.05, 3.63) is 59.7 Å². The van der Waals surface area contributed by atoms with Gasteiger partial charge in [-0.1, -0.05) is 93.7 Å². The number of carbonyl (C=O) groups excluding carboxylic acids is 3. The number of carbonyl (C=O) groups is 3. The summed E-state index contributed by atoms with van der Waals surface area (Å²) in [4.78, 5) is 38.6. The Morgan fingerprint density at radius 1 is 0.857 bits per heavy atom. The van der Waals surface area contributed by atoms with Crippen LogP contribution in [0.15, 0.2) is 48.5 Å². The Hall–Kier alpha value is -0.640. The van der Waals surface area contributed by atoms with Gasteiger partial charge in [0.05, 0.1) is 15.1 Å². The van der Waals surface area contributed by atoms with Gasteiger partial charge in [-0.2, -0.15) is 0 Å². The number of alkyl halides is 2. The molecule has 2 rings (SSSR count). The SMILES string of the molecule is NCCCCc1ccc(-c2ccc(CCC(=O)N[C@@H](CCN(CI)CI)C(=O)C(=O)I)cc2)cc1. The summed E-state index contributed by atoms with van der Waals surface area (Å²) in [6.45, 7) is 1.38. The van der Waals surface area contributed by atoms with E-state index in [0.29, 0.717) is 19.4 Å². The monoisotopic (exact) mass is 815 g/mol. The third-order valence-electron chi connectivity index (χ3n) is 5.72. The summed E-state index contributed by atoms with van der Waals surface area (Å²) in [5.41, 5.74) is 10.2. The summed E-state index contributed by atoms with van der Waals surface area (Å²) >= 11 is 6.02. The highest BCUT2D eigenvalue weighted by atomic mass is 127. The van der Waals surface area contributed by atoms with Gasteiger partial charge in [-0.05, 0) is 60.9 Å². The third kappa shape index (κ3) is 11.1. The van der Waals surface area contributed by atoms with Crippen molar-refractivity contribution in [3.8, 4) is 11.1 Å². The maximum Gasteiger partial charge on any atom is 0.259 e. The Morgan fingerprint density at radius 3 is 1.89 bits per heavy atom. The maximum atomic E-state index is 12.6. The lowest BCUT2D eigenvalue weighted by molar-refractivity contribution is -0.134. The van der Waals surface area contributed by atoms with E-state index in [1.54, 1.807) is 0 Å². The molecule has 35 heavy (non-hydrogen) atoms. The highest BCUT2D eigenvalue weighted by Gasteiger charge is 2.25. The van der Waals surface area contributed by atoms with Crippen LogP contribution >= 0.6 is 67.8 Å². The largest absolute Gasteiger partial charge is 0.346 e. The molecule has 0 saturated carbocycles. The molecule has 2 aromatic carbocycles. The lowest BCUT2D eigenvalue weighted by Gasteiger charge is -2.21. The summed E-state index contributed by atoms with van der Waals surface area (Å²) in [7, 11) is 0. The van der Waals surface area contributed by atoms with Gasteiger partial charge in [0, 0.05) is 35.6 Å². The van der Waals surface area contributed by atoms with Gasteiger partial charge in [0.1, 0.15) is 0 Å². The van der Waals surface area contributed by atoms with Crippen LogP contribution in [0, 0.1) is 0 Å². The Kier molecular flexibility index (Phi) is 14.8. The first-order valence-corrected chi connectivity index (χ1v) is 15.8. The molecule has 0 aliphatic rings. The van der Waals surface area contributed by atoms with Crippen molar-refractivity contribution in [1.82, 2.24) is 10.2 Å². The van der Waals surface area contributed by atoms with Crippen molar-refractivity contribution < 1.29 is 14.4 Å². The minimum atomic E-state index is -0.777. The van der Waals surface area contributed by atoms with Crippen LogP contribution in [0.1, 0.15) is 36.8 Å². The summed E-state index contributed by atoms with van der Waals surface area (Å²) in [5, 5.41) is 2.78. The van der Waals surface area contributed by atoms with E-state index in [1.807, 2.05) is 12.1 Å². The number of nitrogens with one attached hydrogen (secondary N) is 1. The number of halogens is 3. The average molecular weight is 815 g/mol. The van der Waals surface area contributed by atoms with Crippen molar-refractivity contribution in [3.63, 3.8) is 0 Å². The van der Waals surface area contributed by atoms with E-state index in [4.69, 9.17) is 5.73 Å². The normalized spacial score (nSPS) is 11.9. The fraction of sp³-hybridized carbons (Fsp3) is 0.423. The van der Waals surface area contributed by atoms with E-state index in [9.17, 15) is 14.4 Å².